The number of rotatable bonds is 4. The third-order valence-corrected chi connectivity index (χ3v) is 4.49. The van der Waals surface area contributed by atoms with E-state index < -0.39 is 0 Å². The summed E-state index contributed by atoms with van der Waals surface area (Å²) in [6.45, 7) is 0.983. The Bertz CT molecular complexity index is 460. The van der Waals surface area contributed by atoms with Crippen LogP contribution in [0.15, 0.2) is 4.42 Å². The summed E-state index contributed by atoms with van der Waals surface area (Å²) in [5, 5.41) is 14.0. The monoisotopic (exact) mass is 292 g/mol. The highest BCUT2D eigenvalue weighted by molar-refractivity contribution is 5.88. The number of nitrogens with zero attached hydrogens (tertiary/aromatic N) is 2. The third-order valence-electron chi connectivity index (χ3n) is 4.49. The first-order valence-corrected chi connectivity index (χ1v) is 8.18. The van der Waals surface area contributed by atoms with E-state index >= 15 is 0 Å². The predicted octanol–water partition coefficient (Wildman–Crippen LogP) is 2.79. The van der Waals surface area contributed by atoms with Gasteiger partial charge in [-0.05, 0) is 38.1 Å². The van der Waals surface area contributed by atoms with Gasteiger partial charge < -0.3 is 9.73 Å². The Morgan fingerprint density at radius 2 is 1.95 bits per heavy atom. The Morgan fingerprint density at radius 1 is 1.14 bits per heavy atom. The molecule has 1 aliphatic carbocycles. The lowest BCUT2D eigenvalue weighted by atomic mass is 9.96. The molecule has 0 radical (unpaired) electrons. The second-order valence-electron chi connectivity index (χ2n) is 6.20. The zero-order valence-corrected chi connectivity index (χ0v) is 12.4. The Labute approximate surface area is 125 Å². The van der Waals surface area contributed by atoms with Crippen molar-refractivity contribution in [1.82, 2.24) is 15.5 Å². The van der Waals surface area contributed by atoms with Crippen molar-refractivity contribution in [1.29, 1.82) is 0 Å². The number of nitrogens with one attached hydrogen (secondary N) is 2. The van der Waals surface area contributed by atoms with Crippen molar-refractivity contribution >= 4 is 11.9 Å². The molecule has 0 aromatic carbocycles. The first-order valence-electron chi connectivity index (χ1n) is 8.18. The number of carbonyl (C=O) groups excluding carboxylic acids is 1. The minimum Gasteiger partial charge on any atom is -0.406 e. The van der Waals surface area contributed by atoms with Crippen molar-refractivity contribution < 1.29 is 9.21 Å². The molecule has 1 aromatic heterocycles. The lowest BCUT2D eigenvalue weighted by Crippen LogP contribution is -2.16. The summed E-state index contributed by atoms with van der Waals surface area (Å²) in [6, 6.07) is 0.377. The highest BCUT2D eigenvalue weighted by Crippen LogP contribution is 2.26. The summed E-state index contributed by atoms with van der Waals surface area (Å²) in [7, 11) is 0. The van der Waals surface area contributed by atoms with Gasteiger partial charge in [0, 0.05) is 6.42 Å². The summed E-state index contributed by atoms with van der Waals surface area (Å²) in [4.78, 5) is 12.1. The maximum absolute atomic E-state index is 12.1. The van der Waals surface area contributed by atoms with Crippen LogP contribution in [0.3, 0.4) is 0 Å². The van der Waals surface area contributed by atoms with Gasteiger partial charge in [-0.3, -0.25) is 10.1 Å². The molecule has 116 valence electrons. The molecule has 1 saturated carbocycles. The molecule has 6 nitrogen and oxygen atoms in total. The first kappa shape index (κ1) is 14.5. The van der Waals surface area contributed by atoms with Crippen LogP contribution in [-0.4, -0.2) is 22.6 Å². The van der Waals surface area contributed by atoms with Crippen molar-refractivity contribution in [2.45, 2.75) is 63.8 Å². The van der Waals surface area contributed by atoms with E-state index in [1.165, 1.54) is 25.7 Å². The van der Waals surface area contributed by atoms with Gasteiger partial charge in [-0.2, -0.15) is 0 Å². The minimum atomic E-state index is -0.00326. The zero-order chi connectivity index (χ0) is 14.5. The molecule has 1 unspecified atom stereocenters. The lowest BCUT2D eigenvalue weighted by molar-refractivity contribution is -0.117. The fourth-order valence-electron chi connectivity index (χ4n) is 3.32. The van der Waals surface area contributed by atoms with Gasteiger partial charge in [-0.15, -0.1) is 5.10 Å². The van der Waals surface area contributed by atoms with E-state index in [0.717, 1.165) is 32.2 Å². The molecule has 2 heterocycles. The van der Waals surface area contributed by atoms with Crippen LogP contribution < -0.4 is 10.6 Å². The quantitative estimate of drug-likeness (QED) is 0.834. The molecule has 0 spiro atoms. The van der Waals surface area contributed by atoms with Gasteiger partial charge in [0.25, 0.3) is 0 Å². The van der Waals surface area contributed by atoms with Crippen molar-refractivity contribution in [3.05, 3.63) is 5.89 Å². The fourth-order valence-corrected chi connectivity index (χ4v) is 3.32. The van der Waals surface area contributed by atoms with E-state index in [0.29, 0.717) is 18.2 Å². The summed E-state index contributed by atoms with van der Waals surface area (Å²) < 4.78 is 5.54. The molecular weight excluding hydrogens is 268 g/mol. The molecular formula is C15H24N4O2. The Balaban J connectivity index is 1.49. The number of amides is 1. The van der Waals surface area contributed by atoms with Gasteiger partial charge in [0.1, 0.15) is 0 Å². The van der Waals surface area contributed by atoms with E-state index in [1.54, 1.807) is 0 Å². The molecule has 1 saturated heterocycles. The minimum absolute atomic E-state index is 0.00326. The normalized spacial score (nSPS) is 23.9. The van der Waals surface area contributed by atoms with Crippen LogP contribution in [0, 0.1) is 5.92 Å². The van der Waals surface area contributed by atoms with Crippen LogP contribution in [0.25, 0.3) is 0 Å². The Hall–Kier alpha value is -1.43. The largest absolute Gasteiger partial charge is 0.406 e. The van der Waals surface area contributed by atoms with E-state index in [2.05, 4.69) is 20.8 Å². The smallest absolute Gasteiger partial charge is 0.322 e. The molecule has 1 aliphatic heterocycles. The van der Waals surface area contributed by atoms with Gasteiger partial charge in [0.15, 0.2) is 0 Å². The molecule has 2 aliphatic rings. The average Bonchev–Trinajstić information content (AvgIpc) is 3.07. The van der Waals surface area contributed by atoms with Crippen molar-refractivity contribution in [2.24, 2.45) is 5.92 Å². The number of anilines is 1. The van der Waals surface area contributed by atoms with Crippen LogP contribution in [0.5, 0.6) is 0 Å². The Kier molecular flexibility index (Phi) is 4.85. The van der Waals surface area contributed by atoms with Crippen molar-refractivity contribution in [3.63, 3.8) is 0 Å². The summed E-state index contributed by atoms with van der Waals surface area (Å²) in [5.41, 5.74) is 0. The number of carbonyl (C=O) groups is 1. The highest BCUT2D eigenvalue weighted by Gasteiger charge is 2.23. The summed E-state index contributed by atoms with van der Waals surface area (Å²) >= 11 is 0. The maximum Gasteiger partial charge on any atom is 0.322 e. The second kappa shape index (κ2) is 7.02. The molecule has 0 bridgehead atoms. The van der Waals surface area contributed by atoms with E-state index in [-0.39, 0.29) is 18.0 Å². The number of hydrogen-bond acceptors (Lipinski definition) is 5. The summed E-state index contributed by atoms with van der Waals surface area (Å²) in [6.07, 6.45) is 10.1. The molecule has 1 atom stereocenters. The van der Waals surface area contributed by atoms with Crippen molar-refractivity contribution in [2.75, 3.05) is 11.9 Å². The van der Waals surface area contributed by atoms with Gasteiger partial charge >= 0.3 is 6.01 Å². The molecule has 1 aromatic rings. The van der Waals surface area contributed by atoms with Gasteiger partial charge in [-0.1, -0.05) is 30.8 Å². The fraction of sp³-hybridized carbons (Fsp3) is 0.800. The molecule has 2 fully saturated rings. The van der Waals surface area contributed by atoms with E-state index in [9.17, 15) is 4.79 Å². The topological polar surface area (TPSA) is 80.0 Å². The predicted molar refractivity (Wildman–Crippen MR) is 78.7 cm³/mol. The molecule has 2 N–H and O–H groups in total. The highest BCUT2D eigenvalue weighted by atomic mass is 16.4. The molecule has 3 rings (SSSR count). The van der Waals surface area contributed by atoms with Crippen LogP contribution in [0.4, 0.5) is 6.01 Å². The van der Waals surface area contributed by atoms with Gasteiger partial charge in [0.05, 0.1) is 6.04 Å². The van der Waals surface area contributed by atoms with Gasteiger partial charge in [-0.25, -0.2) is 0 Å². The summed E-state index contributed by atoms with van der Waals surface area (Å²) in [5.74, 6) is 1.08. The van der Waals surface area contributed by atoms with Crippen LogP contribution >= 0.6 is 0 Å². The SMILES string of the molecule is O=C(CC1CCCCCC1)Nc1nnc(C2CCCN2)o1. The number of hydrogen-bond donors (Lipinski definition) is 2. The maximum atomic E-state index is 12.1. The molecule has 1 amide bonds. The second-order valence-corrected chi connectivity index (χ2v) is 6.20. The first-order chi connectivity index (χ1) is 10.3. The van der Waals surface area contributed by atoms with Crippen molar-refractivity contribution in [3.8, 4) is 0 Å². The van der Waals surface area contributed by atoms with E-state index in [1.807, 2.05) is 0 Å². The van der Waals surface area contributed by atoms with E-state index in [4.69, 9.17) is 4.42 Å². The van der Waals surface area contributed by atoms with Crippen LogP contribution in [0.2, 0.25) is 0 Å². The van der Waals surface area contributed by atoms with Crippen LogP contribution in [-0.2, 0) is 4.79 Å². The standard InChI is InChI=1S/C15H24N4O2/c20-13(10-11-6-3-1-2-4-7-11)17-15-19-18-14(21-15)12-8-5-9-16-12/h11-12,16H,1-10H2,(H,17,19,20). The lowest BCUT2D eigenvalue weighted by Gasteiger charge is -2.12. The van der Waals surface area contributed by atoms with Gasteiger partial charge in [0.2, 0.25) is 11.8 Å². The zero-order valence-electron chi connectivity index (χ0n) is 12.4. The average molecular weight is 292 g/mol. The third kappa shape index (κ3) is 4.03. The molecule has 21 heavy (non-hydrogen) atoms. The van der Waals surface area contributed by atoms with Crippen LogP contribution in [0.1, 0.15) is 69.7 Å². The Morgan fingerprint density at radius 3 is 2.67 bits per heavy atom. The molecule has 6 heteroatoms. The number of aromatic nitrogens is 2.